The topological polar surface area (TPSA) is 75.6 Å². The molecule has 0 unspecified atom stereocenters. The van der Waals surface area contributed by atoms with Gasteiger partial charge in [0.15, 0.2) is 0 Å². The summed E-state index contributed by atoms with van der Waals surface area (Å²) in [6.07, 6.45) is 13.1. The molecule has 0 bridgehead atoms. The van der Waals surface area contributed by atoms with Gasteiger partial charge in [0.25, 0.3) is 0 Å². The van der Waals surface area contributed by atoms with Crippen molar-refractivity contribution >= 4 is 12.0 Å². The van der Waals surface area contributed by atoms with Crippen LogP contribution in [0.3, 0.4) is 0 Å². The van der Waals surface area contributed by atoms with E-state index in [2.05, 4.69) is 27.0 Å². The summed E-state index contributed by atoms with van der Waals surface area (Å²) in [5, 5.41) is 0. The van der Waals surface area contributed by atoms with Crippen LogP contribution in [0.25, 0.3) is 0 Å². The van der Waals surface area contributed by atoms with Crippen LogP contribution in [0.5, 0.6) is 0 Å². The monoisotopic (exact) mass is 590 g/mol. The minimum absolute atomic E-state index is 0.00692. The van der Waals surface area contributed by atoms with Gasteiger partial charge < -0.3 is 9.64 Å². The quantitative estimate of drug-likeness (QED) is 0.167. The summed E-state index contributed by atoms with van der Waals surface area (Å²) in [5.41, 5.74) is 3.42. The number of amides is 2. The lowest BCUT2D eigenvalue weighted by atomic mass is 9.90. The van der Waals surface area contributed by atoms with Gasteiger partial charge in [-0.15, -0.1) is 0 Å². The van der Waals surface area contributed by atoms with Crippen LogP contribution in [0.15, 0.2) is 110 Å². The second kappa shape index (κ2) is 15.3. The molecule has 0 radical (unpaired) electrons. The van der Waals surface area contributed by atoms with Crippen molar-refractivity contribution in [1.82, 2.24) is 19.8 Å². The van der Waals surface area contributed by atoms with Gasteiger partial charge in [-0.1, -0.05) is 73.5 Å². The molecule has 44 heavy (non-hydrogen) atoms. The number of ether oxygens (including phenoxy) is 1. The molecule has 0 atom stereocenters. The highest BCUT2D eigenvalue weighted by Gasteiger charge is 2.50. The number of aromatic nitrogens is 2. The van der Waals surface area contributed by atoms with E-state index in [0.29, 0.717) is 19.4 Å². The average Bonchev–Trinajstić information content (AvgIpc) is 3.59. The predicted octanol–water partition coefficient (Wildman–Crippen LogP) is 7.02. The first-order valence-corrected chi connectivity index (χ1v) is 15.6. The van der Waals surface area contributed by atoms with Gasteiger partial charge in [-0.3, -0.25) is 19.7 Å². The molecule has 2 aromatic carbocycles. The number of benzene rings is 2. The van der Waals surface area contributed by atoms with E-state index in [1.807, 2.05) is 97.6 Å². The number of pyridine rings is 2. The number of aryl methyl sites for hydroxylation is 2. The largest absolute Gasteiger partial charge is 0.445 e. The Morgan fingerprint density at radius 2 is 1.23 bits per heavy atom. The zero-order valence-electron chi connectivity index (χ0n) is 25.6. The maximum Gasteiger partial charge on any atom is 0.410 e. The molecule has 1 aliphatic carbocycles. The van der Waals surface area contributed by atoms with Crippen molar-refractivity contribution in [2.24, 2.45) is 0 Å². The van der Waals surface area contributed by atoms with Crippen molar-refractivity contribution in [3.05, 3.63) is 132 Å². The van der Waals surface area contributed by atoms with Gasteiger partial charge >= 0.3 is 6.09 Å². The van der Waals surface area contributed by atoms with E-state index < -0.39 is 11.6 Å². The number of carbonyl (C=O) groups is 2. The van der Waals surface area contributed by atoms with Crippen LogP contribution in [-0.4, -0.2) is 50.4 Å². The minimum Gasteiger partial charge on any atom is -0.445 e. The van der Waals surface area contributed by atoms with Crippen molar-refractivity contribution in [2.75, 3.05) is 7.05 Å². The van der Waals surface area contributed by atoms with Crippen molar-refractivity contribution in [3.8, 4) is 0 Å². The number of hydrogen-bond acceptors (Lipinski definition) is 5. The molecule has 7 nitrogen and oxygen atoms in total. The van der Waals surface area contributed by atoms with Gasteiger partial charge in [-0.25, -0.2) is 4.79 Å². The Balaban J connectivity index is 1.44. The summed E-state index contributed by atoms with van der Waals surface area (Å²) in [6.45, 7) is 0.647. The van der Waals surface area contributed by atoms with Gasteiger partial charge in [0.2, 0.25) is 5.91 Å². The van der Waals surface area contributed by atoms with E-state index in [1.165, 1.54) is 11.1 Å². The fraction of sp³-hybridized carbons (Fsp3) is 0.351. The molecule has 2 aromatic heterocycles. The number of rotatable bonds is 13. The number of likely N-dealkylation sites (N-methyl/N-ethyl adjacent to an activating group) is 1. The Labute approximate surface area is 260 Å². The van der Waals surface area contributed by atoms with Crippen LogP contribution in [-0.2, 0) is 35.5 Å². The molecule has 4 aromatic rings. The summed E-state index contributed by atoms with van der Waals surface area (Å²) in [4.78, 5) is 40.5. The number of nitrogens with zero attached hydrogens (tertiary/aromatic N) is 4. The van der Waals surface area contributed by atoms with Gasteiger partial charge in [0.05, 0.1) is 0 Å². The fourth-order valence-electron chi connectivity index (χ4n) is 6.28. The van der Waals surface area contributed by atoms with E-state index in [1.54, 1.807) is 11.9 Å². The standard InChI is InChI=1S/C37H42N4O3/c1-40(36(43)44-29-33-12-6-3-7-13-33)37(22-8-9-23-37)35(42)41(28-32-10-4-2-5-11-32)34(16-14-30-18-24-38-25-19-30)17-15-31-20-26-39-27-21-31/h2-7,10-13,18-21,24-27,34H,8-9,14-17,22-23,28-29H2,1H3. The fourth-order valence-corrected chi connectivity index (χ4v) is 6.28. The van der Waals surface area contributed by atoms with E-state index in [-0.39, 0.29) is 18.6 Å². The average molecular weight is 591 g/mol. The minimum atomic E-state index is -0.950. The van der Waals surface area contributed by atoms with Gasteiger partial charge in [0, 0.05) is 44.4 Å². The van der Waals surface area contributed by atoms with Crippen molar-refractivity contribution in [2.45, 2.75) is 76.1 Å². The molecule has 228 valence electrons. The highest BCUT2D eigenvalue weighted by molar-refractivity contribution is 5.90. The van der Waals surface area contributed by atoms with Crippen molar-refractivity contribution < 1.29 is 14.3 Å². The zero-order chi connectivity index (χ0) is 30.6. The molecule has 1 saturated carbocycles. The molecule has 7 heteroatoms. The second-order valence-electron chi connectivity index (χ2n) is 11.7. The van der Waals surface area contributed by atoms with Crippen LogP contribution >= 0.6 is 0 Å². The highest BCUT2D eigenvalue weighted by atomic mass is 16.6. The summed E-state index contributed by atoms with van der Waals surface area (Å²) >= 11 is 0. The molecule has 1 fully saturated rings. The third-order valence-electron chi connectivity index (χ3n) is 8.88. The Kier molecular flexibility index (Phi) is 10.7. The summed E-state index contributed by atoms with van der Waals surface area (Å²) in [5.74, 6) is 0.00692. The molecular weight excluding hydrogens is 548 g/mol. The number of hydrogen-bond donors (Lipinski definition) is 0. The van der Waals surface area contributed by atoms with E-state index >= 15 is 4.79 Å². The molecule has 0 spiro atoms. The van der Waals surface area contributed by atoms with Crippen LogP contribution in [0.4, 0.5) is 4.79 Å². The molecule has 5 rings (SSSR count). The summed E-state index contributed by atoms with van der Waals surface area (Å²) in [7, 11) is 1.74. The van der Waals surface area contributed by atoms with E-state index in [4.69, 9.17) is 4.74 Å². The van der Waals surface area contributed by atoms with Crippen molar-refractivity contribution in [1.29, 1.82) is 0 Å². The molecule has 0 aliphatic heterocycles. The Morgan fingerprint density at radius 3 is 1.75 bits per heavy atom. The first-order chi connectivity index (χ1) is 21.5. The third-order valence-corrected chi connectivity index (χ3v) is 8.88. The van der Waals surface area contributed by atoms with Gasteiger partial charge in [-0.2, -0.15) is 0 Å². The Morgan fingerprint density at radius 1 is 0.727 bits per heavy atom. The zero-order valence-corrected chi connectivity index (χ0v) is 25.6. The smallest absolute Gasteiger partial charge is 0.410 e. The highest BCUT2D eigenvalue weighted by Crippen LogP contribution is 2.38. The summed E-state index contributed by atoms with van der Waals surface area (Å²) in [6, 6.07) is 27.9. The maximum atomic E-state index is 15.0. The first-order valence-electron chi connectivity index (χ1n) is 15.6. The SMILES string of the molecule is CN(C(=O)OCc1ccccc1)C1(C(=O)N(Cc2ccccc2)C(CCc2ccncc2)CCc2ccncc2)CCCC1. The molecule has 0 N–H and O–H groups in total. The maximum absolute atomic E-state index is 15.0. The lowest BCUT2D eigenvalue weighted by Crippen LogP contribution is -2.60. The lowest BCUT2D eigenvalue weighted by Gasteiger charge is -2.43. The van der Waals surface area contributed by atoms with Crippen molar-refractivity contribution in [3.63, 3.8) is 0 Å². The summed E-state index contributed by atoms with van der Waals surface area (Å²) < 4.78 is 5.75. The van der Waals surface area contributed by atoms with Gasteiger partial charge in [0.1, 0.15) is 12.1 Å². The second-order valence-corrected chi connectivity index (χ2v) is 11.7. The van der Waals surface area contributed by atoms with Gasteiger partial charge in [-0.05, 0) is 85.0 Å². The molecule has 2 amide bonds. The van der Waals surface area contributed by atoms with Crippen LogP contribution < -0.4 is 0 Å². The van der Waals surface area contributed by atoms with E-state index in [0.717, 1.165) is 49.7 Å². The molecule has 0 saturated heterocycles. The third kappa shape index (κ3) is 7.90. The Bertz CT molecular complexity index is 1400. The molecular formula is C37H42N4O3. The van der Waals surface area contributed by atoms with Crippen LogP contribution in [0, 0.1) is 0 Å². The van der Waals surface area contributed by atoms with E-state index in [9.17, 15) is 4.79 Å². The van der Waals surface area contributed by atoms with Crippen LogP contribution in [0.2, 0.25) is 0 Å². The first kappa shape index (κ1) is 30.9. The number of carbonyl (C=O) groups excluding carboxylic acids is 2. The molecule has 1 aliphatic rings. The van der Waals surface area contributed by atoms with Crippen LogP contribution in [0.1, 0.15) is 60.8 Å². The predicted molar refractivity (Wildman–Crippen MR) is 171 cm³/mol. The normalized spacial score (nSPS) is 13.9. The Hall–Kier alpha value is -4.52. The molecule has 2 heterocycles. The lowest BCUT2D eigenvalue weighted by molar-refractivity contribution is -0.146.